The van der Waals surface area contributed by atoms with Crippen molar-refractivity contribution < 1.29 is 13.9 Å². The van der Waals surface area contributed by atoms with Crippen LogP contribution in [0.3, 0.4) is 0 Å². The molecule has 6 heteroatoms. The van der Waals surface area contributed by atoms with Crippen LogP contribution in [0.2, 0.25) is 0 Å². The molecule has 2 rings (SSSR count). The molecule has 0 fully saturated rings. The Morgan fingerprint density at radius 2 is 2.19 bits per heavy atom. The Morgan fingerprint density at radius 1 is 1.38 bits per heavy atom. The Balaban J connectivity index is 2.23. The second-order valence-corrected chi connectivity index (χ2v) is 5.34. The first kappa shape index (κ1) is 15.7. The van der Waals surface area contributed by atoms with Crippen LogP contribution >= 0.6 is 15.9 Å². The summed E-state index contributed by atoms with van der Waals surface area (Å²) in [4.78, 5) is 20.2. The quantitative estimate of drug-likeness (QED) is 0.587. The van der Waals surface area contributed by atoms with Gasteiger partial charge in [-0.1, -0.05) is 13.0 Å². The van der Waals surface area contributed by atoms with Crippen LogP contribution in [0.4, 0.5) is 0 Å². The first-order chi connectivity index (χ1) is 10.1. The number of esters is 1. The van der Waals surface area contributed by atoms with Crippen molar-refractivity contribution in [3.05, 3.63) is 45.8 Å². The van der Waals surface area contributed by atoms with Crippen LogP contribution in [0.5, 0.6) is 0 Å². The maximum Gasteiger partial charge on any atom is 0.394 e. The first-order valence-corrected chi connectivity index (χ1v) is 7.69. The highest BCUT2D eigenvalue weighted by atomic mass is 79.9. The van der Waals surface area contributed by atoms with Crippen molar-refractivity contribution in [2.45, 2.75) is 33.1 Å². The number of nitrogens with zero attached hydrogens (tertiary/aromatic N) is 2. The zero-order chi connectivity index (χ0) is 15.2. The van der Waals surface area contributed by atoms with Gasteiger partial charge in [-0.25, -0.2) is 14.8 Å². The van der Waals surface area contributed by atoms with Crippen LogP contribution in [0.15, 0.2) is 27.3 Å². The van der Waals surface area contributed by atoms with E-state index in [1.165, 1.54) is 0 Å². The summed E-state index contributed by atoms with van der Waals surface area (Å²) in [5.74, 6) is 0.249. The highest BCUT2D eigenvalue weighted by molar-refractivity contribution is 9.10. The number of carbonyl (C=O) groups is 1. The molecule has 0 aliphatic carbocycles. The predicted molar refractivity (Wildman–Crippen MR) is 81.2 cm³/mol. The Hall–Kier alpha value is -1.69. The SMILES string of the molecule is CCCc1oc(C(=O)OCC)nc1Cc1ccc(Br)nc1. The summed E-state index contributed by atoms with van der Waals surface area (Å²) in [6, 6.07) is 3.84. The number of aryl methyl sites for hydroxylation is 1. The minimum absolute atomic E-state index is 0.0281. The van der Waals surface area contributed by atoms with E-state index in [9.17, 15) is 4.79 Å². The largest absolute Gasteiger partial charge is 0.459 e. The summed E-state index contributed by atoms with van der Waals surface area (Å²) >= 11 is 3.30. The van der Waals surface area contributed by atoms with E-state index < -0.39 is 5.97 Å². The zero-order valence-corrected chi connectivity index (χ0v) is 13.6. The smallest absolute Gasteiger partial charge is 0.394 e. The van der Waals surface area contributed by atoms with Gasteiger partial charge < -0.3 is 9.15 Å². The van der Waals surface area contributed by atoms with Crippen molar-refractivity contribution >= 4 is 21.9 Å². The molecule has 0 aliphatic rings. The number of aromatic nitrogens is 2. The molecular formula is C15H17BrN2O3. The fourth-order valence-corrected chi connectivity index (χ4v) is 2.16. The Labute approximate surface area is 131 Å². The number of hydrogen-bond donors (Lipinski definition) is 0. The molecule has 0 unspecified atom stereocenters. The summed E-state index contributed by atoms with van der Waals surface area (Å²) < 4.78 is 11.3. The predicted octanol–water partition coefficient (Wildman–Crippen LogP) is 3.55. The maximum atomic E-state index is 11.7. The molecule has 0 N–H and O–H groups in total. The fourth-order valence-electron chi connectivity index (χ4n) is 1.93. The second kappa shape index (κ2) is 7.36. The molecule has 0 aliphatic heterocycles. The van der Waals surface area contributed by atoms with Crippen LogP contribution in [-0.4, -0.2) is 22.5 Å². The first-order valence-electron chi connectivity index (χ1n) is 6.90. The van der Waals surface area contributed by atoms with E-state index in [4.69, 9.17) is 9.15 Å². The summed E-state index contributed by atoms with van der Waals surface area (Å²) in [6.07, 6.45) is 4.02. The molecule has 0 spiro atoms. The molecule has 112 valence electrons. The summed E-state index contributed by atoms with van der Waals surface area (Å²) in [7, 11) is 0. The molecule has 0 saturated carbocycles. The highest BCUT2D eigenvalue weighted by Crippen LogP contribution is 2.18. The zero-order valence-electron chi connectivity index (χ0n) is 12.1. The van der Waals surface area contributed by atoms with Crippen LogP contribution in [0.1, 0.15) is 48.0 Å². The van der Waals surface area contributed by atoms with Crippen molar-refractivity contribution in [2.24, 2.45) is 0 Å². The molecular weight excluding hydrogens is 336 g/mol. The molecule has 2 aromatic heterocycles. The Kier molecular flexibility index (Phi) is 5.50. The molecule has 2 heterocycles. The molecule has 5 nitrogen and oxygen atoms in total. The lowest BCUT2D eigenvalue weighted by molar-refractivity contribution is 0.0478. The highest BCUT2D eigenvalue weighted by Gasteiger charge is 2.19. The van der Waals surface area contributed by atoms with Crippen molar-refractivity contribution in [3.63, 3.8) is 0 Å². The molecule has 0 radical (unpaired) electrons. The van der Waals surface area contributed by atoms with E-state index in [2.05, 4.69) is 32.8 Å². The topological polar surface area (TPSA) is 65.2 Å². The van der Waals surface area contributed by atoms with Crippen molar-refractivity contribution in [1.29, 1.82) is 0 Å². The summed E-state index contributed by atoms with van der Waals surface area (Å²) in [5.41, 5.74) is 1.78. The number of carbonyl (C=O) groups excluding carboxylic acids is 1. The van der Waals surface area contributed by atoms with E-state index >= 15 is 0 Å². The summed E-state index contributed by atoms with van der Waals surface area (Å²) in [5, 5.41) is 0. The van der Waals surface area contributed by atoms with Gasteiger partial charge in [0, 0.05) is 19.0 Å². The number of hydrogen-bond acceptors (Lipinski definition) is 5. The molecule has 0 amide bonds. The van der Waals surface area contributed by atoms with Gasteiger partial charge >= 0.3 is 11.9 Å². The standard InChI is InChI=1S/C15H17BrN2O3/c1-3-5-12-11(8-10-6-7-13(16)17-9-10)18-14(21-12)15(19)20-4-2/h6-7,9H,3-5,8H2,1-2H3. The van der Waals surface area contributed by atoms with Gasteiger partial charge in [0.1, 0.15) is 10.4 Å². The van der Waals surface area contributed by atoms with Crippen molar-refractivity contribution in [2.75, 3.05) is 6.61 Å². The molecule has 0 saturated heterocycles. The van der Waals surface area contributed by atoms with Crippen LogP contribution in [0.25, 0.3) is 0 Å². The minimum Gasteiger partial charge on any atom is -0.459 e. The molecule has 21 heavy (non-hydrogen) atoms. The lowest BCUT2D eigenvalue weighted by Gasteiger charge is -2.00. The number of oxazole rings is 1. The average Bonchev–Trinajstić information content (AvgIpc) is 2.85. The third-order valence-electron chi connectivity index (χ3n) is 2.87. The van der Waals surface area contributed by atoms with Gasteiger partial charge in [0.25, 0.3) is 0 Å². The number of rotatable bonds is 6. The maximum absolute atomic E-state index is 11.7. The van der Waals surface area contributed by atoms with Crippen LogP contribution in [-0.2, 0) is 17.6 Å². The number of pyridine rings is 1. The Bertz CT molecular complexity index is 608. The van der Waals surface area contributed by atoms with E-state index in [1.54, 1.807) is 13.1 Å². The average molecular weight is 353 g/mol. The molecule has 0 aromatic carbocycles. The summed E-state index contributed by atoms with van der Waals surface area (Å²) in [6.45, 7) is 4.11. The van der Waals surface area contributed by atoms with E-state index in [0.29, 0.717) is 13.0 Å². The van der Waals surface area contributed by atoms with Crippen molar-refractivity contribution in [3.8, 4) is 0 Å². The lowest BCUT2D eigenvalue weighted by Crippen LogP contribution is -2.05. The van der Waals surface area contributed by atoms with Crippen molar-refractivity contribution in [1.82, 2.24) is 9.97 Å². The number of halogens is 1. The van der Waals surface area contributed by atoms with E-state index in [1.807, 2.05) is 12.1 Å². The lowest BCUT2D eigenvalue weighted by atomic mass is 10.1. The van der Waals surface area contributed by atoms with Gasteiger partial charge in [0.2, 0.25) is 0 Å². The second-order valence-electron chi connectivity index (χ2n) is 4.53. The van der Waals surface area contributed by atoms with Gasteiger partial charge in [-0.05, 0) is 40.9 Å². The third kappa shape index (κ3) is 4.14. The van der Waals surface area contributed by atoms with Gasteiger partial charge in [0.15, 0.2) is 0 Å². The van der Waals surface area contributed by atoms with Gasteiger partial charge in [0.05, 0.1) is 12.3 Å². The number of ether oxygens (including phenoxy) is 1. The van der Waals surface area contributed by atoms with Gasteiger partial charge in [-0.2, -0.15) is 0 Å². The van der Waals surface area contributed by atoms with E-state index in [-0.39, 0.29) is 5.89 Å². The molecule has 0 bridgehead atoms. The molecule has 2 aromatic rings. The molecule has 0 atom stereocenters. The van der Waals surface area contributed by atoms with E-state index in [0.717, 1.165) is 34.5 Å². The van der Waals surface area contributed by atoms with Crippen LogP contribution in [0, 0.1) is 0 Å². The third-order valence-corrected chi connectivity index (χ3v) is 3.33. The minimum atomic E-state index is -0.518. The Morgan fingerprint density at radius 3 is 2.81 bits per heavy atom. The van der Waals surface area contributed by atoms with Gasteiger partial charge in [-0.15, -0.1) is 0 Å². The monoisotopic (exact) mass is 352 g/mol. The fraction of sp³-hybridized carbons (Fsp3) is 0.400. The normalized spacial score (nSPS) is 10.6. The van der Waals surface area contributed by atoms with Crippen LogP contribution < -0.4 is 0 Å². The van der Waals surface area contributed by atoms with Gasteiger partial charge in [-0.3, -0.25) is 0 Å².